The minimum Gasteiger partial charge on any atom is -0.388 e. The number of nitrogens with one attached hydrogen (secondary N) is 1. The van der Waals surface area contributed by atoms with Crippen molar-refractivity contribution >= 4 is 43.6 Å². The summed E-state index contributed by atoms with van der Waals surface area (Å²) in [5, 5.41) is 11.1. The Kier molecular flexibility index (Phi) is 4.57. The fourth-order valence-electron chi connectivity index (χ4n) is 4.28. The quantitative estimate of drug-likeness (QED) is 0.251. The van der Waals surface area contributed by atoms with E-state index in [0.29, 0.717) is 0 Å². The van der Waals surface area contributed by atoms with E-state index in [0.717, 1.165) is 22.4 Å². The summed E-state index contributed by atoms with van der Waals surface area (Å²) >= 11 is 0. The summed E-state index contributed by atoms with van der Waals surface area (Å²) in [5.41, 5.74) is 4.33. The summed E-state index contributed by atoms with van der Waals surface area (Å²) in [6.07, 6.45) is 2.12. The molecule has 0 spiro atoms. The average Bonchev–Trinajstić information content (AvgIpc) is 2.83. The van der Waals surface area contributed by atoms with Crippen LogP contribution in [-0.2, 0) is 0 Å². The van der Waals surface area contributed by atoms with Crippen LogP contribution in [0.15, 0.2) is 110 Å². The monoisotopic (exact) mass is 385 g/mol. The maximum absolute atomic E-state index is 4.27. The van der Waals surface area contributed by atoms with E-state index in [9.17, 15) is 0 Å². The van der Waals surface area contributed by atoms with E-state index < -0.39 is 0 Å². The van der Waals surface area contributed by atoms with Crippen LogP contribution in [0.4, 0.5) is 0 Å². The van der Waals surface area contributed by atoms with Gasteiger partial charge in [-0.15, -0.1) is 0 Å². The topological polar surface area (TPSA) is 12.0 Å². The third kappa shape index (κ3) is 3.05. The van der Waals surface area contributed by atoms with Gasteiger partial charge in [0.1, 0.15) is 0 Å². The first kappa shape index (κ1) is 18.2. The van der Waals surface area contributed by atoms with Gasteiger partial charge in [0.05, 0.1) is 0 Å². The van der Waals surface area contributed by atoms with Gasteiger partial charge in [-0.05, 0) is 61.2 Å². The molecule has 0 fully saturated rings. The number of hydrogen-bond donors (Lipinski definition) is 1. The van der Waals surface area contributed by atoms with Crippen molar-refractivity contribution in [1.82, 2.24) is 5.32 Å². The van der Waals surface area contributed by atoms with Gasteiger partial charge >= 0.3 is 0 Å². The fraction of sp³-hybridized carbons (Fsp3) is 0.0345. The maximum atomic E-state index is 4.27. The Morgan fingerprint density at radius 3 is 1.67 bits per heavy atom. The zero-order valence-corrected chi connectivity index (χ0v) is 17.0. The molecule has 0 aromatic heterocycles. The average molecular weight is 386 g/mol. The molecule has 0 heterocycles. The van der Waals surface area contributed by atoms with Crippen molar-refractivity contribution < 1.29 is 0 Å². The first-order valence-electron chi connectivity index (χ1n) is 10.2. The van der Waals surface area contributed by atoms with Crippen LogP contribution in [0.2, 0.25) is 0 Å². The summed E-state index contributed by atoms with van der Waals surface area (Å²) in [4.78, 5) is 0. The Balaban J connectivity index is 1.73. The highest BCUT2D eigenvalue weighted by atomic mass is 14.8. The molecule has 0 bridgehead atoms. The van der Waals surface area contributed by atoms with Crippen LogP contribution >= 0.6 is 0 Å². The van der Waals surface area contributed by atoms with Gasteiger partial charge < -0.3 is 5.32 Å². The van der Waals surface area contributed by atoms with Crippen molar-refractivity contribution in [3.63, 3.8) is 0 Å². The molecular formula is C29H23N. The van der Waals surface area contributed by atoms with E-state index in [2.05, 4.69) is 96.8 Å². The maximum Gasteiger partial charge on any atom is 0.0417 e. The highest BCUT2D eigenvalue weighted by molar-refractivity contribution is 6.25. The molecule has 0 unspecified atom stereocenters. The molecule has 0 saturated heterocycles. The Hall–Kier alpha value is -3.84. The van der Waals surface area contributed by atoms with E-state index in [4.69, 9.17) is 0 Å². The normalized spacial score (nSPS) is 11.8. The van der Waals surface area contributed by atoms with Crippen LogP contribution in [-0.4, -0.2) is 7.05 Å². The molecule has 0 radical (unpaired) electrons. The fourth-order valence-corrected chi connectivity index (χ4v) is 4.28. The Labute approximate surface area is 177 Å². The van der Waals surface area contributed by atoms with Gasteiger partial charge in [0.25, 0.3) is 0 Å². The standard InChI is InChI=1S/C29H23N/c1-20(21-10-4-3-5-11-21)18-29(30-2)22-16-17-27-25-14-7-6-12-23(25)24-13-8-9-15-26(24)28(27)19-22/h3-19,30H,1H2,2H3/b29-18-. The lowest BCUT2D eigenvalue weighted by molar-refractivity contribution is 1.13. The molecule has 1 nitrogen and oxygen atoms in total. The molecule has 0 aliphatic carbocycles. The molecule has 5 rings (SSSR count). The number of benzene rings is 5. The van der Waals surface area contributed by atoms with Crippen molar-refractivity contribution in [2.45, 2.75) is 0 Å². The van der Waals surface area contributed by atoms with Crippen molar-refractivity contribution in [3.8, 4) is 0 Å². The third-order valence-electron chi connectivity index (χ3n) is 5.79. The SMILES string of the molecule is C=C(/C=C(\NC)c1ccc2c3ccccc3c3ccccc3c2c1)c1ccccc1. The smallest absolute Gasteiger partial charge is 0.0417 e. The van der Waals surface area contributed by atoms with Gasteiger partial charge in [-0.2, -0.15) is 0 Å². The Morgan fingerprint density at radius 2 is 1.10 bits per heavy atom. The summed E-state index contributed by atoms with van der Waals surface area (Å²) < 4.78 is 0. The third-order valence-corrected chi connectivity index (χ3v) is 5.79. The lowest BCUT2D eigenvalue weighted by Gasteiger charge is -2.14. The van der Waals surface area contributed by atoms with Crippen LogP contribution in [0.3, 0.4) is 0 Å². The summed E-state index contributed by atoms with van der Waals surface area (Å²) in [5.74, 6) is 0. The molecule has 0 amide bonds. The predicted molar refractivity (Wildman–Crippen MR) is 131 cm³/mol. The minimum atomic E-state index is 0.989. The molecular weight excluding hydrogens is 362 g/mol. The van der Waals surface area contributed by atoms with Gasteiger partial charge in [0.2, 0.25) is 0 Å². The molecule has 30 heavy (non-hydrogen) atoms. The second-order valence-corrected chi connectivity index (χ2v) is 7.55. The predicted octanol–water partition coefficient (Wildman–Crippen LogP) is 7.42. The van der Waals surface area contributed by atoms with Crippen molar-refractivity contribution in [2.24, 2.45) is 0 Å². The molecule has 5 aromatic rings. The summed E-state index contributed by atoms with van der Waals surface area (Å²) in [7, 11) is 1.97. The second kappa shape index (κ2) is 7.53. The summed E-state index contributed by atoms with van der Waals surface area (Å²) in [6.45, 7) is 4.27. The second-order valence-electron chi connectivity index (χ2n) is 7.55. The van der Waals surface area contributed by atoms with Gasteiger partial charge in [-0.1, -0.05) is 97.6 Å². The molecule has 1 heteroatoms. The first-order chi connectivity index (χ1) is 14.8. The lowest BCUT2D eigenvalue weighted by atomic mass is 9.92. The van der Waals surface area contributed by atoms with E-state index in [1.54, 1.807) is 0 Å². The van der Waals surface area contributed by atoms with E-state index in [-0.39, 0.29) is 0 Å². The highest BCUT2D eigenvalue weighted by Gasteiger charge is 2.10. The van der Waals surface area contributed by atoms with Crippen LogP contribution in [0.1, 0.15) is 11.1 Å². The zero-order valence-electron chi connectivity index (χ0n) is 17.0. The van der Waals surface area contributed by atoms with Gasteiger partial charge in [-0.25, -0.2) is 0 Å². The van der Waals surface area contributed by atoms with E-state index >= 15 is 0 Å². The molecule has 0 atom stereocenters. The molecule has 0 aliphatic heterocycles. The molecule has 5 aromatic carbocycles. The largest absolute Gasteiger partial charge is 0.388 e. The van der Waals surface area contributed by atoms with Crippen molar-refractivity contribution in [1.29, 1.82) is 0 Å². The Bertz CT molecular complexity index is 1390. The van der Waals surface area contributed by atoms with Crippen molar-refractivity contribution in [2.75, 3.05) is 7.05 Å². The van der Waals surface area contributed by atoms with E-state index in [1.165, 1.54) is 32.3 Å². The van der Waals surface area contributed by atoms with E-state index in [1.807, 2.05) is 25.2 Å². The minimum absolute atomic E-state index is 0.989. The van der Waals surface area contributed by atoms with Crippen LogP contribution in [0.25, 0.3) is 43.6 Å². The van der Waals surface area contributed by atoms with Crippen molar-refractivity contribution in [3.05, 3.63) is 121 Å². The van der Waals surface area contributed by atoms with Crippen LogP contribution in [0.5, 0.6) is 0 Å². The number of hydrogen-bond acceptors (Lipinski definition) is 1. The highest BCUT2D eigenvalue weighted by Crippen LogP contribution is 2.36. The van der Waals surface area contributed by atoms with Gasteiger partial charge in [-0.3, -0.25) is 0 Å². The van der Waals surface area contributed by atoms with Gasteiger partial charge in [0, 0.05) is 12.7 Å². The first-order valence-corrected chi connectivity index (χ1v) is 10.2. The van der Waals surface area contributed by atoms with Gasteiger partial charge in [0.15, 0.2) is 0 Å². The molecule has 1 N–H and O–H groups in total. The number of rotatable bonds is 4. The number of allylic oxidation sites excluding steroid dienone is 2. The molecule has 0 aliphatic rings. The van der Waals surface area contributed by atoms with Crippen LogP contribution < -0.4 is 5.32 Å². The Morgan fingerprint density at radius 1 is 0.600 bits per heavy atom. The zero-order chi connectivity index (χ0) is 20.5. The molecule has 144 valence electrons. The summed E-state index contributed by atoms with van der Waals surface area (Å²) in [6, 6.07) is 34.4. The molecule has 0 saturated carbocycles. The number of fused-ring (bicyclic) bond motifs is 6. The van der Waals surface area contributed by atoms with Crippen LogP contribution in [0, 0.1) is 0 Å². The lowest BCUT2D eigenvalue weighted by Crippen LogP contribution is -2.05.